The Balaban J connectivity index is 1.65. The molecule has 2 aliphatic rings. The fraction of sp³-hybridized carbons (Fsp3) is 0.533. The number of benzene rings is 1. The summed E-state index contributed by atoms with van der Waals surface area (Å²) in [6, 6.07) is 10.1. The zero-order valence-corrected chi connectivity index (χ0v) is 11.4. The lowest BCUT2D eigenvalue weighted by Gasteiger charge is -2.25. The van der Waals surface area contributed by atoms with Crippen LogP contribution in [0.1, 0.15) is 5.56 Å². The number of fused-ring (bicyclic) bond motifs is 1. The van der Waals surface area contributed by atoms with E-state index < -0.39 is 6.09 Å². The number of rotatable bonds is 3. The van der Waals surface area contributed by atoms with E-state index in [0.717, 1.165) is 19.6 Å². The third-order valence-electron chi connectivity index (χ3n) is 4.57. The molecule has 0 saturated carbocycles. The smallest absolute Gasteiger partial charge is 0.407 e. The second kappa shape index (κ2) is 5.42. The SMILES string of the molecule is O=C(O)N1CC2CN(Cc3ccccc3)CC2C1CO. The summed E-state index contributed by atoms with van der Waals surface area (Å²) in [5.41, 5.74) is 1.28. The summed E-state index contributed by atoms with van der Waals surface area (Å²) in [7, 11) is 0. The fourth-order valence-electron chi connectivity index (χ4n) is 3.66. The average Bonchev–Trinajstić information content (AvgIpc) is 2.96. The first-order chi connectivity index (χ1) is 9.69. The molecule has 20 heavy (non-hydrogen) atoms. The molecular weight excluding hydrogens is 256 g/mol. The highest BCUT2D eigenvalue weighted by molar-refractivity contribution is 5.66. The molecule has 2 saturated heterocycles. The lowest BCUT2D eigenvalue weighted by Crippen LogP contribution is -2.41. The van der Waals surface area contributed by atoms with Crippen molar-refractivity contribution in [1.29, 1.82) is 0 Å². The Bertz CT molecular complexity index is 479. The second-order valence-electron chi connectivity index (χ2n) is 5.79. The Kier molecular flexibility index (Phi) is 3.63. The number of hydrogen-bond acceptors (Lipinski definition) is 3. The summed E-state index contributed by atoms with van der Waals surface area (Å²) in [6.45, 7) is 3.16. The van der Waals surface area contributed by atoms with Crippen LogP contribution in [0.25, 0.3) is 0 Å². The van der Waals surface area contributed by atoms with Crippen molar-refractivity contribution < 1.29 is 15.0 Å². The lowest BCUT2D eigenvalue weighted by molar-refractivity contribution is 0.101. The van der Waals surface area contributed by atoms with Crippen molar-refractivity contribution in [3.63, 3.8) is 0 Å². The van der Waals surface area contributed by atoms with Crippen LogP contribution >= 0.6 is 0 Å². The number of nitrogens with zero attached hydrogens (tertiary/aromatic N) is 2. The number of aliphatic hydroxyl groups is 1. The van der Waals surface area contributed by atoms with Gasteiger partial charge in [-0.15, -0.1) is 0 Å². The molecule has 2 aliphatic heterocycles. The molecule has 1 aromatic rings. The molecule has 0 radical (unpaired) electrons. The third kappa shape index (κ3) is 2.39. The van der Waals surface area contributed by atoms with Crippen LogP contribution in [0, 0.1) is 11.8 Å². The zero-order valence-electron chi connectivity index (χ0n) is 11.4. The standard InChI is InChI=1S/C15H20N2O3/c18-10-14-13-9-16(6-11-4-2-1-3-5-11)7-12(13)8-17(14)15(19)20/h1-5,12-14,18H,6-10H2,(H,19,20). The molecule has 2 N–H and O–H groups in total. The van der Waals surface area contributed by atoms with E-state index in [1.165, 1.54) is 10.5 Å². The molecular formula is C15H20N2O3. The molecule has 0 spiro atoms. The summed E-state index contributed by atoms with van der Waals surface area (Å²) < 4.78 is 0. The van der Waals surface area contributed by atoms with E-state index in [2.05, 4.69) is 17.0 Å². The fourth-order valence-corrected chi connectivity index (χ4v) is 3.66. The number of carbonyl (C=O) groups is 1. The van der Waals surface area contributed by atoms with Crippen LogP contribution < -0.4 is 0 Å². The zero-order chi connectivity index (χ0) is 14.1. The first-order valence-corrected chi connectivity index (χ1v) is 7.05. The van der Waals surface area contributed by atoms with Gasteiger partial charge in [0, 0.05) is 32.1 Å². The maximum atomic E-state index is 11.2. The largest absolute Gasteiger partial charge is 0.465 e. The van der Waals surface area contributed by atoms with Crippen molar-refractivity contribution >= 4 is 6.09 Å². The molecule has 0 aromatic heterocycles. The number of aliphatic hydroxyl groups excluding tert-OH is 1. The van der Waals surface area contributed by atoms with Crippen LogP contribution in [0.5, 0.6) is 0 Å². The summed E-state index contributed by atoms with van der Waals surface area (Å²) in [6.07, 6.45) is -0.909. The number of amides is 1. The van der Waals surface area contributed by atoms with Gasteiger partial charge in [0.15, 0.2) is 0 Å². The molecule has 0 aliphatic carbocycles. The summed E-state index contributed by atoms with van der Waals surface area (Å²) in [5.74, 6) is 0.617. The average molecular weight is 276 g/mol. The molecule has 5 heteroatoms. The summed E-state index contributed by atoms with van der Waals surface area (Å²) in [4.78, 5) is 15.0. The van der Waals surface area contributed by atoms with Gasteiger partial charge >= 0.3 is 6.09 Å². The van der Waals surface area contributed by atoms with E-state index in [1.54, 1.807) is 0 Å². The van der Waals surface area contributed by atoms with Crippen molar-refractivity contribution in [3.05, 3.63) is 35.9 Å². The van der Waals surface area contributed by atoms with Crippen LogP contribution in [0.2, 0.25) is 0 Å². The quantitative estimate of drug-likeness (QED) is 0.867. The van der Waals surface area contributed by atoms with Gasteiger partial charge in [0.1, 0.15) is 0 Å². The van der Waals surface area contributed by atoms with Gasteiger partial charge < -0.3 is 15.1 Å². The second-order valence-corrected chi connectivity index (χ2v) is 5.79. The Morgan fingerprint density at radius 2 is 1.95 bits per heavy atom. The molecule has 1 amide bonds. The van der Waals surface area contributed by atoms with Crippen LogP contribution in [-0.4, -0.2) is 58.4 Å². The van der Waals surface area contributed by atoms with E-state index in [0.29, 0.717) is 12.5 Å². The molecule has 108 valence electrons. The van der Waals surface area contributed by atoms with Gasteiger partial charge in [-0.1, -0.05) is 30.3 Å². The van der Waals surface area contributed by atoms with Gasteiger partial charge in [-0.3, -0.25) is 4.90 Å². The molecule has 3 atom stereocenters. The van der Waals surface area contributed by atoms with Gasteiger partial charge in [0.05, 0.1) is 12.6 Å². The van der Waals surface area contributed by atoms with E-state index in [1.807, 2.05) is 18.2 Å². The minimum Gasteiger partial charge on any atom is -0.465 e. The molecule has 2 fully saturated rings. The highest BCUT2D eigenvalue weighted by Crippen LogP contribution is 2.36. The van der Waals surface area contributed by atoms with Crippen molar-refractivity contribution in [2.45, 2.75) is 12.6 Å². The Morgan fingerprint density at radius 3 is 2.60 bits per heavy atom. The molecule has 1 aromatic carbocycles. The topological polar surface area (TPSA) is 64.0 Å². The molecule has 0 bridgehead atoms. The Morgan fingerprint density at radius 1 is 1.20 bits per heavy atom. The maximum Gasteiger partial charge on any atom is 0.407 e. The maximum absolute atomic E-state index is 11.2. The third-order valence-corrected chi connectivity index (χ3v) is 4.57. The van der Waals surface area contributed by atoms with Gasteiger partial charge in [-0.05, 0) is 11.5 Å². The van der Waals surface area contributed by atoms with Gasteiger partial charge in [0.2, 0.25) is 0 Å². The van der Waals surface area contributed by atoms with E-state index in [-0.39, 0.29) is 18.6 Å². The molecule has 5 nitrogen and oxygen atoms in total. The van der Waals surface area contributed by atoms with E-state index in [9.17, 15) is 15.0 Å². The van der Waals surface area contributed by atoms with Crippen LogP contribution in [0.4, 0.5) is 4.79 Å². The first-order valence-electron chi connectivity index (χ1n) is 7.05. The normalized spacial score (nSPS) is 29.6. The van der Waals surface area contributed by atoms with Crippen LogP contribution in [-0.2, 0) is 6.54 Å². The Hall–Kier alpha value is -1.59. The van der Waals surface area contributed by atoms with Gasteiger partial charge in [-0.2, -0.15) is 0 Å². The highest BCUT2D eigenvalue weighted by Gasteiger charge is 2.48. The first kappa shape index (κ1) is 13.4. The minimum atomic E-state index is -0.909. The molecule has 3 rings (SSSR count). The summed E-state index contributed by atoms with van der Waals surface area (Å²) >= 11 is 0. The van der Waals surface area contributed by atoms with Crippen molar-refractivity contribution in [1.82, 2.24) is 9.80 Å². The predicted molar refractivity (Wildman–Crippen MR) is 74.3 cm³/mol. The lowest BCUT2D eigenvalue weighted by atomic mass is 9.95. The number of carboxylic acid groups (broad SMARTS) is 1. The number of likely N-dealkylation sites (tertiary alicyclic amines) is 2. The van der Waals surface area contributed by atoms with Crippen LogP contribution in [0.15, 0.2) is 30.3 Å². The highest BCUT2D eigenvalue weighted by atomic mass is 16.4. The minimum absolute atomic E-state index is 0.0767. The summed E-state index contributed by atoms with van der Waals surface area (Å²) in [5, 5.41) is 18.7. The molecule has 2 heterocycles. The molecule has 3 unspecified atom stereocenters. The van der Waals surface area contributed by atoms with Crippen molar-refractivity contribution in [2.24, 2.45) is 11.8 Å². The van der Waals surface area contributed by atoms with Gasteiger partial charge in [-0.25, -0.2) is 4.79 Å². The monoisotopic (exact) mass is 276 g/mol. The predicted octanol–water partition coefficient (Wildman–Crippen LogP) is 1.09. The number of hydrogen-bond donors (Lipinski definition) is 2. The van der Waals surface area contributed by atoms with Crippen molar-refractivity contribution in [2.75, 3.05) is 26.2 Å². The van der Waals surface area contributed by atoms with Gasteiger partial charge in [0.25, 0.3) is 0 Å². The van der Waals surface area contributed by atoms with Crippen LogP contribution in [0.3, 0.4) is 0 Å². The van der Waals surface area contributed by atoms with E-state index >= 15 is 0 Å². The Labute approximate surface area is 118 Å². The van der Waals surface area contributed by atoms with E-state index in [4.69, 9.17) is 0 Å². The van der Waals surface area contributed by atoms with Crippen molar-refractivity contribution in [3.8, 4) is 0 Å².